The number of piperidine rings is 1. The smallest absolute Gasteiger partial charge is 0.475 e. The summed E-state index contributed by atoms with van der Waals surface area (Å²) in [5, 5.41) is 7.12. The lowest BCUT2D eigenvalue weighted by Crippen LogP contribution is -2.44. The molecule has 10 heteroatoms. The van der Waals surface area contributed by atoms with Crippen LogP contribution in [0.4, 0.5) is 23.2 Å². The molecular weight excluding hydrogens is 432 g/mol. The Balaban J connectivity index is 0.000000360. The molecule has 1 aromatic carbocycles. The van der Waals surface area contributed by atoms with Gasteiger partial charge in [0.2, 0.25) is 0 Å². The number of hydrogen-bond donors (Lipinski definition) is 1. The predicted octanol–water partition coefficient (Wildman–Crippen LogP) is 4.20. The van der Waals surface area contributed by atoms with Crippen molar-refractivity contribution in [2.24, 2.45) is 0 Å². The van der Waals surface area contributed by atoms with Crippen LogP contribution in [0.2, 0.25) is 0 Å². The second kappa shape index (κ2) is 10.3. The first-order valence-corrected chi connectivity index (χ1v) is 10.1. The molecule has 32 heavy (non-hydrogen) atoms. The van der Waals surface area contributed by atoms with E-state index in [1.165, 1.54) is 12.1 Å². The molecule has 0 aliphatic carbocycles. The zero-order chi connectivity index (χ0) is 23.2. The Bertz CT molecular complexity index is 870. The first kappa shape index (κ1) is 23.9. The molecule has 1 unspecified atom stereocenters. The minimum absolute atomic E-state index is 0.0594. The maximum absolute atomic E-state index is 13.1. The lowest BCUT2D eigenvalue weighted by Gasteiger charge is -2.39. The summed E-state index contributed by atoms with van der Waals surface area (Å²) in [5.74, 6) is -2.95. The second-order valence-corrected chi connectivity index (χ2v) is 7.76. The number of aliphatic carboxylic acids is 1. The van der Waals surface area contributed by atoms with Crippen molar-refractivity contribution in [3.8, 4) is 0 Å². The molecule has 6 nitrogen and oxygen atoms in total. The summed E-state index contributed by atoms with van der Waals surface area (Å²) in [6.45, 7) is 3.11. The molecule has 1 aromatic heterocycles. The van der Waals surface area contributed by atoms with Crippen molar-refractivity contribution in [2.75, 3.05) is 24.6 Å². The van der Waals surface area contributed by atoms with Gasteiger partial charge < -0.3 is 19.5 Å². The molecule has 0 bridgehead atoms. The molecule has 2 aliphatic heterocycles. The number of aromatic nitrogens is 1. The Labute approximate surface area is 182 Å². The number of rotatable bonds is 4. The fraction of sp³-hybridized carbons (Fsp3) is 0.455. The standard InChI is InChI=1S/C20H23FN2O2.C2HF3O2/c21-17-3-5-18(6-4-17)23-10-7-20(8-11-23)12-19(15-25-20)24-14-16-2-1-9-22-13-16;3-2(4,5)1(6)7/h1-6,9,13,19H,7-8,10-12,14-15H2;(H,6,7). The highest BCUT2D eigenvalue weighted by Gasteiger charge is 2.43. The third kappa shape index (κ3) is 6.64. The zero-order valence-corrected chi connectivity index (χ0v) is 17.2. The fourth-order valence-corrected chi connectivity index (χ4v) is 3.78. The van der Waals surface area contributed by atoms with Gasteiger partial charge in [0.05, 0.1) is 24.9 Å². The van der Waals surface area contributed by atoms with Gasteiger partial charge >= 0.3 is 12.1 Å². The lowest BCUT2D eigenvalue weighted by molar-refractivity contribution is -0.192. The maximum Gasteiger partial charge on any atom is 0.490 e. The quantitative estimate of drug-likeness (QED) is 0.696. The van der Waals surface area contributed by atoms with Gasteiger partial charge in [0.25, 0.3) is 0 Å². The summed E-state index contributed by atoms with van der Waals surface area (Å²) in [6, 6.07) is 10.7. The number of benzene rings is 1. The Morgan fingerprint density at radius 2 is 1.88 bits per heavy atom. The average Bonchev–Trinajstić information content (AvgIpc) is 3.16. The summed E-state index contributed by atoms with van der Waals surface area (Å²) >= 11 is 0. The van der Waals surface area contributed by atoms with Crippen molar-refractivity contribution >= 4 is 11.7 Å². The van der Waals surface area contributed by atoms with Crippen molar-refractivity contribution in [3.05, 3.63) is 60.2 Å². The topological polar surface area (TPSA) is 71.9 Å². The number of halogens is 4. The molecule has 3 heterocycles. The Morgan fingerprint density at radius 3 is 2.44 bits per heavy atom. The molecule has 0 amide bonds. The van der Waals surface area contributed by atoms with Gasteiger partial charge in [-0.2, -0.15) is 13.2 Å². The number of hydrogen-bond acceptors (Lipinski definition) is 5. The number of alkyl halides is 3. The van der Waals surface area contributed by atoms with Crippen molar-refractivity contribution in [2.45, 2.75) is 43.8 Å². The van der Waals surface area contributed by atoms with Gasteiger partial charge in [0, 0.05) is 37.6 Å². The number of carboxylic acid groups (broad SMARTS) is 1. The minimum Gasteiger partial charge on any atom is -0.475 e. The molecule has 1 spiro atoms. The first-order valence-electron chi connectivity index (χ1n) is 10.1. The van der Waals surface area contributed by atoms with Crippen LogP contribution >= 0.6 is 0 Å². The van der Waals surface area contributed by atoms with Gasteiger partial charge in [-0.05, 0) is 48.7 Å². The summed E-state index contributed by atoms with van der Waals surface area (Å²) in [4.78, 5) is 15.3. The molecule has 2 aliphatic rings. The molecule has 1 atom stereocenters. The Kier molecular flexibility index (Phi) is 7.68. The largest absolute Gasteiger partial charge is 0.490 e. The van der Waals surface area contributed by atoms with E-state index in [0.29, 0.717) is 13.2 Å². The molecule has 1 N–H and O–H groups in total. The van der Waals surface area contributed by atoms with Crippen molar-refractivity contribution in [1.29, 1.82) is 0 Å². The van der Waals surface area contributed by atoms with Gasteiger partial charge in [-0.15, -0.1) is 0 Å². The van der Waals surface area contributed by atoms with Crippen molar-refractivity contribution in [3.63, 3.8) is 0 Å². The van der Waals surface area contributed by atoms with E-state index >= 15 is 0 Å². The van der Waals surface area contributed by atoms with Crippen LogP contribution in [0.5, 0.6) is 0 Å². The van der Waals surface area contributed by atoms with Crippen LogP contribution in [0.3, 0.4) is 0 Å². The highest BCUT2D eigenvalue weighted by molar-refractivity contribution is 5.73. The van der Waals surface area contributed by atoms with E-state index in [1.807, 2.05) is 30.5 Å². The fourth-order valence-electron chi connectivity index (χ4n) is 3.78. The van der Waals surface area contributed by atoms with E-state index in [-0.39, 0.29) is 17.5 Å². The van der Waals surface area contributed by atoms with Crippen LogP contribution in [-0.4, -0.2) is 53.6 Å². The maximum atomic E-state index is 13.1. The molecule has 0 saturated carbocycles. The highest BCUT2D eigenvalue weighted by atomic mass is 19.4. The van der Waals surface area contributed by atoms with Gasteiger partial charge in [-0.1, -0.05) is 6.07 Å². The molecule has 2 aromatic rings. The van der Waals surface area contributed by atoms with E-state index in [0.717, 1.165) is 43.6 Å². The van der Waals surface area contributed by atoms with Gasteiger partial charge in [-0.3, -0.25) is 4.98 Å². The SMILES string of the molecule is Fc1ccc(N2CCC3(CC2)CC(OCc2cccnc2)CO3)cc1.O=C(O)C(F)(F)F. The average molecular weight is 456 g/mol. The van der Waals surface area contributed by atoms with Crippen LogP contribution in [-0.2, 0) is 20.9 Å². The highest BCUT2D eigenvalue weighted by Crippen LogP contribution is 2.38. The first-order chi connectivity index (χ1) is 15.2. The molecule has 2 fully saturated rings. The van der Waals surface area contributed by atoms with E-state index in [4.69, 9.17) is 19.4 Å². The summed E-state index contributed by atoms with van der Waals surface area (Å²) in [5.41, 5.74) is 2.11. The van der Waals surface area contributed by atoms with E-state index < -0.39 is 12.1 Å². The van der Waals surface area contributed by atoms with Gasteiger partial charge in [0.1, 0.15) is 5.82 Å². The summed E-state index contributed by atoms with van der Waals surface area (Å²) in [6.07, 6.45) is 1.59. The number of anilines is 1. The molecule has 2 saturated heterocycles. The van der Waals surface area contributed by atoms with Crippen LogP contribution in [0.1, 0.15) is 24.8 Å². The normalized spacial score (nSPS) is 20.0. The van der Waals surface area contributed by atoms with Crippen LogP contribution < -0.4 is 4.90 Å². The molecule has 4 rings (SSSR count). The van der Waals surface area contributed by atoms with Crippen molar-refractivity contribution < 1.29 is 36.9 Å². The van der Waals surface area contributed by atoms with Gasteiger partial charge in [-0.25, -0.2) is 9.18 Å². The lowest BCUT2D eigenvalue weighted by atomic mass is 9.87. The molecular formula is C22H24F4N2O4. The van der Waals surface area contributed by atoms with E-state index in [9.17, 15) is 17.6 Å². The number of carboxylic acids is 1. The van der Waals surface area contributed by atoms with Crippen LogP contribution in [0, 0.1) is 5.82 Å². The Morgan fingerprint density at radius 1 is 1.22 bits per heavy atom. The Hall–Kier alpha value is -2.72. The van der Waals surface area contributed by atoms with E-state index in [2.05, 4.69) is 9.88 Å². The van der Waals surface area contributed by atoms with Crippen LogP contribution in [0.15, 0.2) is 48.8 Å². The summed E-state index contributed by atoms with van der Waals surface area (Å²) in [7, 11) is 0. The molecule has 0 radical (unpaired) electrons. The third-order valence-corrected chi connectivity index (χ3v) is 5.49. The van der Waals surface area contributed by atoms with Crippen molar-refractivity contribution in [1.82, 2.24) is 4.98 Å². The third-order valence-electron chi connectivity index (χ3n) is 5.49. The van der Waals surface area contributed by atoms with Crippen LogP contribution in [0.25, 0.3) is 0 Å². The molecule has 174 valence electrons. The number of nitrogens with zero attached hydrogens (tertiary/aromatic N) is 2. The number of ether oxygens (including phenoxy) is 2. The van der Waals surface area contributed by atoms with E-state index in [1.54, 1.807) is 6.20 Å². The second-order valence-electron chi connectivity index (χ2n) is 7.76. The number of carbonyl (C=O) groups is 1. The number of pyridine rings is 1. The monoisotopic (exact) mass is 456 g/mol. The summed E-state index contributed by atoms with van der Waals surface area (Å²) < 4.78 is 57.0. The minimum atomic E-state index is -5.08. The zero-order valence-electron chi connectivity index (χ0n) is 17.2. The predicted molar refractivity (Wildman–Crippen MR) is 108 cm³/mol. The van der Waals surface area contributed by atoms with Gasteiger partial charge in [0.15, 0.2) is 0 Å².